The Bertz CT molecular complexity index is 845. The summed E-state index contributed by atoms with van der Waals surface area (Å²) in [6.45, 7) is 1.41. The number of aromatic nitrogens is 2. The van der Waals surface area contributed by atoms with Gasteiger partial charge in [0.25, 0.3) is 0 Å². The van der Waals surface area contributed by atoms with Crippen LogP contribution in [0.15, 0.2) is 29.3 Å². The van der Waals surface area contributed by atoms with Gasteiger partial charge in [-0.1, -0.05) is 18.9 Å². The Kier molecular flexibility index (Phi) is 4.36. The molecule has 6 heteroatoms. The highest BCUT2D eigenvalue weighted by Crippen LogP contribution is 2.28. The van der Waals surface area contributed by atoms with Crippen LogP contribution >= 0.6 is 0 Å². The van der Waals surface area contributed by atoms with Gasteiger partial charge >= 0.3 is 0 Å². The van der Waals surface area contributed by atoms with Crippen LogP contribution in [0, 0.1) is 5.92 Å². The molecule has 2 aliphatic rings. The molecule has 25 heavy (non-hydrogen) atoms. The first-order valence-electron chi connectivity index (χ1n) is 8.89. The summed E-state index contributed by atoms with van der Waals surface area (Å²) in [5, 5.41) is 14.5. The van der Waals surface area contributed by atoms with Gasteiger partial charge in [0.2, 0.25) is 5.95 Å². The number of rotatable bonds is 4. The first-order valence-corrected chi connectivity index (χ1v) is 8.89. The molecule has 0 amide bonds. The zero-order chi connectivity index (χ0) is 17.2. The monoisotopic (exact) mass is 337 g/mol. The third-order valence-electron chi connectivity index (χ3n) is 5.13. The molecule has 130 valence electrons. The van der Waals surface area contributed by atoms with Gasteiger partial charge in [-0.2, -0.15) is 4.98 Å². The molecule has 0 radical (unpaired) electrons. The second-order valence-corrected chi connectivity index (χ2v) is 6.84. The molecule has 2 heterocycles. The summed E-state index contributed by atoms with van der Waals surface area (Å²) in [6, 6.07) is 6.14. The van der Waals surface area contributed by atoms with E-state index in [-0.39, 0.29) is 18.0 Å². The first-order chi connectivity index (χ1) is 12.2. The van der Waals surface area contributed by atoms with Gasteiger partial charge < -0.3 is 16.2 Å². The van der Waals surface area contributed by atoms with Gasteiger partial charge in [-0.05, 0) is 42.2 Å². The van der Waals surface area contributed by atoms with Crippen molar-refractivity contribution in [2.24, 2.45) is 10.9 Å². The third-order valence-corrected chi connectivity index (χ3v) is 5.13. The molecule has 1 fully saturated rings. The highest BCUT2D eigenvalue weighted by atomic mass is 16.3. The van der Waals surface area contributed by atoms with Gasteiger partial charge in [0.15, 0.2) is 0 Å². The average molecular weight is 337 g/mol. The van der Waals surface area contributed by atoms with E-state index in [4.69, 9.17) is 5.73 Å². The number of nitrogen functional groups attached to an aromatic ring is 1. The molecule has 0 saturated heterocycles. The summed E-state index contributed by atoms with van der Waals surface area (Å²) in [5.74, 6) is 1.26. The van der Waals surface area contributed by atoms with E-state index in [1.165, 1.54) is 12.0 Å². The van der Waals surface area contributed by atoms with Crippen LogP contribution in [0.3, 0.4) is 0 Å². The number of nitrogens with two attached hydrogens (primary N) is 1. The van der Waals surface area contributed by atoms with Crippen molar-refractivity contribution in [3.63, 3.8) is 0 Å². The summed E-state index contributed by atoms with van der Waals surface area (Å²) < 4.78 is 0. The van der Waals surface area contributed by atoms with Crippen molar-refractivity contribution >= 4 is 34.5 Å². The van der Waals surface area contributed by atoms with Gasteiger partial charge in [0.1, 0.15) is 5.82 Å². The lowest BCUT2D eigenvalue weighted by atomic mass is 9.86. The lowest BCUT2D eigenvalue weighted by Gasteiger charge is -2.28. The number of nitrogens with one attached hydrogen (secondary N) is 1. The number of benzene rings is 1. The van der Waals surface area contributed by atoms with Crippen molar-refractivity contribution in [3.05, 3.63) is 29.8 Å². The minimum atomic E-state index is -0.229. The van der Waals surface area contributed by atoms with Crippen molar-refractivity contribution < 1.29 is 5.11 Å². The number of fused-ring (bicyclic) bond motifs is 1. The van der Waals surface area contributed by atoms with E-state index in [2.05, 4.69) is 26.3 Å². The number of allylic oxidation sites excluding steroid dienone is 1. The largest absolute Gasteiger partial charge is 0.393 e. The van der Waals surface area contributed by atoms with Crippen LogP contribution in [0.2, 0.25) is 0 Å². The fraction of sp³-hybridized carbons (Fsp3) is 0.421. The van der Waals surface area contributed by atoms with Gasteiger partial charge in [0.05, 0.1) is 18.2 Å². The van der Waals surface area contributed by atoms with Gasteiger partial charge in [-0.3, -0.25) is 4.99 Å². The zero-order valence-corrected chi connectivity index (χ0v) is 14.2. The Morgan fingerprint density at radius 2 is 2.08 bits per heavy atom. The first kappa shape index (κ1) is 16.0. The Morgan fingerprint density at radius 3 is 2.88 bits per heavy atom. The lowest BCUT2D eigenvalue weighted by molar-refractivity contribution is 0.0763. The van der Waals surface area contributed by atoms with Crippen LogP contribution in [-0.4, -0.2) is 40.5 Å². The molecule has 1 aromatic carbocycles. The minimum absolute atomic E-state index is 0.229. The zero-order valence-electron chi connectivity index (χ0n) is 14.2. The Labute approximate surface area is 146 Å². The Morgan fingerprint density at radius 1 is 1.20 bits per heavy atom. The molecule has 2 aromatic rings. The topological polar surface area (TPSA) is 96.4 Å². The van der Waals surface area contributed by atoms with Crippen molar-refractivity contribution in [2.75, 3.05) is 24.1 Å². The number of aliphatic hydroxyl groups is 1. The molecule has 1 aromatic heterocycles. The predicted octanol–water partition coefficient (Wildman–Crippen LogP) is 2.64. The molecule has 4 N–H and O–H groups in total. The summed E-state index contributed by atoms with van der Waals surface area (Å²) >= 11 is 0. The summed E-state index contributed by atoms with van der Waals surface area (Å²) in [6.07, 6.45) is 7.85. The molecule has 4 rings (SSSR count). The van der Waals surface area contributed by atoms with E-state index in [0.29, 0.717) is 13.1 Å². The molecular weight excluding hydrogens is 314 g/mol. The van der Waals surface area contributed by atoms with E-state index >= 15 is 0 Å². The van der Waals surface area contributed by atoms with Crippen LogP contribution < -0.4 is 11.1 Å². The smallest absolute Gasteiger partial charge is 0.222 e. The quantitative estimate of drug-likeness (QED) is 0.797. The molecular formula is C19H23N5O. The van der Waals surface area contributed by atoms with E-state index in [9.17, 15) is 5.11 Å². The van der Waals surface area contributed by atoms with Gasteiger partial charge in [0, 0.05) is 24.1 Å². The summed E-state index contributed by atoms with van der Waals surface area (Å²) in [5.41, 5.74) is 9.02. The standard InChI is InChI=1S/C19H23N5O/c20-19-23-16-9-12(13-7-8-21-10-13)5-6-15(16)18(24-19)22-11-14-3-1-2-4-17(14)25/h5-9,14,17,25H,1-4,10-11H2,(H3,20,22,23,24)/t14-,17-/m0/s1. The third kappa shape index (κ3) is 3.35. The summed E-state index contributed by atoms with van der Waals surface area (Å²) in [4.78, 5) is 13.0. The van der Waals surface area contributed by atoms with Crippen molar-refractivity contribution in [1.82, 2.24) is 9.97 Å². The maximum Gasteiger partial charge on any atom is 0.222 e. The number of anilines is 2. The van der Waals surface area contributed by atoms with Crippen molar-refractivity contribution in [2.45, 2.75) is 31.8 Å². The average Bonchev–Trinajstić information content (AvgIpc) is 3.15. The molecule has 2 atom stereocenters. The highest BCUT2D eigenvalue weighted by Gasteiger charge is 2.23. The molecule has 1 saturated carbocycles. The maximum atomic E-state index is 10.2. The van der Waals surface area contributed by atoms with Crippen LogP contribution in [0.5, 0.6) is 0 Å². The molecule has 0 bridgehead atoms. The fourth-order valence-corrected chi connectivity index (χ4v) is 3.67. The second-order valence-electron chi connectivity index (χ2n) is 6.84. The number of hydrogen-bond acceptors (Lipinski definition) is 6. The van der Waals surface area contributed by atoms with Gasteiger partial charge in [-0.15, -0.1) is 0 Å². The number of aliphatic hydroxyl groups excluding tert-OH is 1. The number of hydrogen-bond donors (Lipinski definition) is 3. The van der Waals surface area contributed by atoms with Crippen LogP contribution in [0.4, 0.5) is 11.8 Å². The number of nitrogens with zero attached hydrogens (tertiary/aromatic N) is 3. The Hall–Kier alpha value is -2.47. The normalized spacial score (nSPS) is 23.0. The molecule has 6 nitrogen and oxygen atoms in total. The van der Waals surface area contributed by atoms with Crippen LogP contribution in [0.1, 0.15) is 31.2 Å². The van der Waals surface area contributed by atoms with Crippen molar-refractivity contribution in [3.8, 4) is 0 Å². The number of aliphatic imine (C=N–C) groups is 1. The van der Waals surface area contributed by atoms with Gasteiger partial charge in [-0.25, -0.2) is 4.98 Å². The SMILES string of the molecule is Nc1nc(NC[C@@H]2CCCC[C@@H]2O)c2ccc(C3=CC=NC3)cc2n1. The van der Waals surface area contributed by atoms with Crippen LogP contribution in [0.25, 0.3) is 16.5 Å². The van der Waals surface area contributed by atoms with Crippen LogP contribution in [-0.2, 0) is 0 Å². The van der Waals surface area contributed by atoms with E-state index in [1.54, 1.807) is 0 Å². The molecule has 1 aliphatic carbocycles. The molecule has 1 aliphatic heterocycles. The molecule has 0 unspecified atom stereocenters. The highest BCUT2D eigenvalue weighted by molar-refractivity contribution is 5.95. The predicted molar refractivity (Wildman–Crippen MR) is 102 cm³/mol. The van der Waals surface area contributed by atoms with E-state index in [0.717, 1.165) is 41.5 Å². The van der Waals surface area contributed by atoms with Crippen molar-refractivity contribution in [1.29, 1.82) is 0 Å². The molecule has 0 spiro atoms. The summed E-state index contributed by atoms with van der Waals surface area (Å²) in [7, 11) is 0. The Balaban J connectivity index is 1.59. The fourth-order valence-electron chi connectivity index (χ4n) is 3.67. The van der Waals surface area contributed by atoms with E-state index < -0.39 is 0 Å². The minimum Gasteiger partial charge on any atom is -0.393 e. The lowest BCUT2D eigenvalue weighted by Crippen LogP contribution is -2.30. The second kappa shape index (κ2) is 6.80. The maximum absolute atomic E-state index is 10.2. The van der Waals surface area contributed by atoms with E-state index in [1.807, 2.05) is 24.4 Å².